The maximum atomic E-state index is 11.8. The van der Waals surface area contributed by atoms with E-state index >= 15 is 0 Å². The van der Waals surface area contributed by atoms with Crippen molar-refractivity contribution in [2.24, 2.45) is 5.92 Å². The number of carbonyl (C=O) groups is 2. The Hall–Kier alpha value is -3.01. The number of nitrogens with one attached hydrogen (secondary N) is 1. The molecule has 1 aliphatic rings. The van der Waals surface area contributed by atoms with Crippen molar-refractivity contribution in [3.05, 3.63) is 35.5 Å². The summed E-state index contributed by atoms with van der Waals surface area (Å²) >= 11 is 0. The molecule has 1 aliphatic heterocycles. The zero-order chi connectivity index (χ0) is 19.1. The highest BCUT2D eigenvalue weighted by Crippen LogP contribution is 2.28. The molecule has 1 N–H and O–H groups in total. The number of benzene rings is 1. The molecule has 1 atom stereocenters. The van der Waals surface area contributed by atoms with E-state index in [1.165, 1.54) is 20.6 Å². The van der Waals surface area contributed by atoms with Crippen LogP contribution in [0.1, 0.15) is 25.3 Å². The van der Waals surface area contributed by atoms with Gasteiger partial charge in [-0.15, -0.1) is 0 Å². The Morgan fingerprint density at radius 3 is 2.73 bits per heavy atom. The first kappa shape index (κ1) is 19.3. The normalized spacial score (nSPS) is 17.2. The van der Waals surface area contributed by atoms with E-state index in [4.69, 9.17) is 0 Å². The fourth-order valence-electron chi connectivity index (χ4n) is 2.98. The van der Waals surface area contributed by atoms with Gasteiger partial charge in [0.15, 0.2) is 0 Å². The van der Waals surface area contributed by atoms with Crippen LogP contribution >= 0.6 is 0 Å². The highest BCUT2D eigenvalue weighted by Gasteiger charge is 2.20. The predicted octanol–water partition coefficient (Wildman–Crippen LogP) is 2.44. The standard InChI is InChI=1S/C19H23N3O4/c1-13-5-4-8-22(12-13)17-7-6-15(9-14(17)11-20)21-16(19(24)26-3)10-18(23)25-2/h6-7,9-10,13,21H,4-5,8,12H2,1-3H3/b16-10+. The van der Waals surface area contributed by atoms with Crippen molar-refractivity contribution in [2.45, 2.75) is 19.8 Å². The van der Waals surface area contributed by atoms with Crippen LogP contribution in [0, 0.1) is 17.2 Å². The van der Waals surface area contributed by atoms with Crippen molar-refractivity contribution >= 4 is 23.3 Å². The van der Waals surface area contributed by atoms with Gasteiger partial charge in [0, 0.05) is 18.8 Å². The van der Waals surface area contributed by atoms with Gasteiger partial charge in [-0.2, -0.15) is 5.26 Å². The summed E-state index contributed by atoms with van der Waals surface area (Å²) in [5, 5.41) is 12.4. The summed E-state index contributed by atoms with van der Waals surface area (Å²) in [6, 6.07) is 7.48. The largest absolute Gasteiger partial charge is 0.466 e. The number of carbonyl (C=O) groups excluding carboxylic acids is 2. The summed E-state index contributed by atoms with van der Waals surface area (Å²) in [5.74, 6) is -0.804. The van der Waals surface area contributed by atoms with E-state index in [1.54, 1.807) is 12.1 Å². The van der Waals surface area contributed by atoms with Crippen LogP contribution in [0.4, 0.5) is 11.4 Å². The number of nitrogens with zero attached hydrogens (tertiary/aromatic N) is 2. The number of hydrogen-bond donors (Lipinski definition) is 1. The first-order chi connectivity index (χ1) is 12.5. The highest BCUT2D eigenvalue weighted by atomic mass is 16.5. The lowest BCUT2D eigenvalue weighted by Crippen LogP contribution is -2.34. The second-order valence-corrected chi connectivity index (χ2v) is 6.23. The third-order valence-electron chi connectivity index (χ3n) is 4.26. The molecular formula is C19H23N3O4. The number of anilines is 2. The van der Waals surface area contributed by atoms with E-state index in [0.29, 0.717) is 17.2 Å². The molecule has 1 saturated heterocycles. The predicted molar refractivity (Wildman–Crippen MR) is 97.5 cm³/mol. The fraction of sp³-hybridized carbons (Fsp3) is 0.421. The van der Waals surface area contributed by atoms with Gasteiger partial charge in [0.25, 0.3) is 0 Å². The van der Waals surface area contributed by atoms with Crippen LogP contribution in [-0.4, -0.2) is 39.2 Å². The van der Waals surface area contributed by atoms with E-state index in [1.807, 2.05) is 6.07 Å². The molecule has 0 aromatic heterocycles. The molecule has 0 amide bonds. The molecule has 0 aliphatic carbocycles. The molecule has 2 rings (SSSR count). The van der Waals surface area contributed by atoms with Crippen LogP contribution in [0.2, 0.25) is 0 Å². The first-order valence-electron chi connectivity index (χ1n) is 8.42. The second kappa shape index (κ2) is 8.90. The van der Waals surface area contributed by atoms with Crippen molar-refractivity contribution < 1.29 is 19.1 Å². The van der Waals surface area contributed by atoms with Crippen LogP contribution in [0.15, 0.2) is 30.0 Å². The number of nitriles is 1. The van der Waals surface area contributed by atoms with Crippen LogP contribution < -0.4 is 10.2 Å². The average Bonchev–Trinajstić information content (AvgIpc) is 2.66. The molecule has 7 heteroatoms. The van der Waals surface area contributed by atoms with Crippen LogP contribution in [0.25, 0.3) is 0 Å². The van der Waals surface area contributed by atoms with E-state index < -0.39 is 11.9 Å². The Morgan fingerprint density at radius 2 is 2.12 bits per heavy atom. The Bertz CT molecular complexity index is 752. The second-order valence-electron chi connectivity index (χ2n) is 6.23. The highest BCUT2D eigenvalue weighted by molar-refractivity contribution is 5.98. The quantitative estimate of drug-likeness (QED) is 0.639. The van der Waals surface area contributed by atoms with Crippen LogP contribution in [0.5, 0.6) is 0 Å². The van der Waals surface area contributed by atoms with Crippen molar-refractivity contribution in [3.63, 3.8) is 0 Å². The van der Waals surface area contributed by atoms with Gasteiger partial charge in [-0.3, -0.25) is 0 Å². The van der Waals surface area contributed by atoms with Gasteiger partial charge < -0.3 is 19.7 Å². The van der Waals surface area contributed by atoms with Crippen molar-refractivity contribution in [1.29, 1.82) is 5.26 Å². The van der Waals surface area contributed by atoms with Crippen molar-refractivity contribution in [1.82, 2.24) is 0 Å². The average molecular weight is 357 g/mol. The maximum absolute atomic E-state index is 11.8. The van der Waals surface area contributed by atoms with Crippen LogP contribution in [-0.2, 0) is 19.1 Å². The van der Waals surface area contributed by atoms with Crippen LogP contribution in [0.3, 0.4) is 0 Å². The number of piperidine rings is 1. The Balaban J connectivity index is 2.27. The Labute approximate surface area is 153 Å². The lowest BCUT2D eigenvalue weighted by Gasteiger charge is -2.33. The monoisotopic (exact) mass is 357 g/mol. The number of esters is 2. The minimum absolute atomic E-state index is 0.0671. The Kier molecular flexibility index (Phi) is 6.61. The summed E-state index contributed by atoms with van der Waals surface area (Å²) in [6.45, 7) is 4.03. The summed E-state index contributed by atoms with van der Waals surface area (Å²) in [7, 11) is 2.44. The summed E-state index contributed by atoms with van der Waals surface area (Å²) < 4.78 is 9.21. The zero-order valence-electron chi connectivity index (χ0n) is 15.2. The smallest absolute Gasteiger partial charge is 0.354 e. The molecule has 138 valence electrons. The molecule has 1 aromatic rings. The number of rotatable bonds is 5. The summed E-state index contributed by atoms with van der Waals surface area (Å²) in [6.07, 6.45) is 3.30. The third-order valence-corrected chi connectivity index (χ3v) is 4.26. The van der Waals surface area contributed by atoms with E-state index in [2.05, 4.69) is 32.7 Å². The molecule has 0 radical (unpaired) electrons. The number of methoxy groups -OCH3 is 2. The van der Waals surface area contributed by atoms with Gasteiger partial charge in [0.2, 0.25) is 0 Å². The molecule has 1 unspecified atom stereocenters. The molecule has 1 fully saturated rings. The van der Waals surface area contributed by atoms with Gasteiger partial charge in [0.1, 0.15) is 11.8 Å². The molecule has 1 heterocycles. The maximum Gasteiger partial charge on any atom is 0.354 e. The third kappa shape index (κ3) is 4.76. The van der Waals surface area contributed by atoms with Crippen molar-refractivity contribution in [2.75, 3.05) is 37.5 Å². The minimum Gasteiger partial charge on any atom is -0.466 e. The molecule has 0 spiro atoms. The van der Waals surface area contributed by atoms with E-state index in [9.17, 15) is 14.9 Å². The SMILES string of the molecule is COC(=O)/C=C(/Nc1ccc(N2CCCC(C)C2)c(C#N)c1)C(=O)OC. The fourth-order valence-corrected chi connectivity index (χ4v) is 2.98. The molecule has 1 aromatic carbocycles. The minimum atomic E-state index is -0.706. The molecule has 0 saturated carbocycles. The van der Waals surface area contributed by atoms with E-state index in [-0.39, 0.29) is 5.70 Å². The first-order valence-corrected chi connectivity index (χ1v) is 8.42. The number of ether oxygens (including phenoxy) is 2. The summed E-state index contributed by atoms with van der Waals surface area (Å²) in [5.41, 5.74) is 1.83. The van der Waals surface area contributed by atoms with E-state index in [0.717, 1.165) is 31.3 Å². The molecule has 7 nitrogen and oxygen atoms in total. The van der Waals surface area contributed by atoms with Gasteiger partial charge in [-0.05, 0) is 37.0 Å². The topological polar surface area (TPSA) is 91.7 Å². The number of hydrogen-bond acceptors (Lipinski definition) is 7. The zero-order valence-corrected chi connectivity index (χ0v) is 15.2. The lowest BCUT2D eigenvalue weighted by molar-refractivity contribution is -0.138. The molecule has 0 bridgehead atoms. The summed E-state index contributed by atoms with van der Waals surface area (Å²) in [4.78, 5) is 25.5. The lowest BCUT2D eigenvalue weighted by atomic mass is 9.99. The van der Waals surface area contributed by atoms with Gasteiger partial charge in [0.05, 0.1) is 31.5 Å². The molecular weight excluding hydrogens is 334 g/mol. The van der Waals surface area contributed by atoms with Gasteiger partial charge in [-0.25, -0.2) is 9.59 Å². The van der Waals surface area contributed by atoms with Gasteiger partial charge in [-0.1, -0.05) is 6.92 Å². The molecule has 26 heavy (non-hydrogen) atoms. The Morgan fingerprint density at radius 1 is 1.35 bits per heavy atom. The van der Waals surface area contributed by atoms with Gasteiger partial charge >= 0.3 is 11.9 Å². The van der Waals surface area contributed by atoms with Crippen molar-refractivity contribution in [3.8, 4) is 6.07 Å².